The average Bonchev–Trinajstić information content (AvgIpc) is 2.58. The molecule has 0 unspecified atom stereocenters. The summed E-state index contributed by atoms with van der Waals surface area (Å²) in [6, 6.07) is 1.89. The van der Waals surface area contributed by atoms with Gasteiger partial charge in [0.15, 0.2) is 0 Å². The minimum atomic E-state index is 0.155. The Hall–Kier alpha value is -0.770. The van der Waals surface area contributed by atoms with Crippen LogP contribution in [0.4, 0.5) is 0 Å². The molecular formula is C11H15BrN2O. The van der Waals surface area contributed by atoms with Crippen molar-refractivity contribution in [2.24, 2.45) is 7.05 Å². The molecular weight excluding hydrogens is 256 g/mol. The first-order chi connectivity index (χ1) is 7.18. The molecule has 1 aliphatic rings. The van der Waals surface area contributed by atoms with Gasteiger partial charge in [-0.15, -0.1) is 0 Å². The van der Waals surface area contributed by atoms with Crippen LogP contribution in [-0.2, 0) is 7.05 Å². The topological polar surface area (TPSA) is 25.2 Å². The molecule has 2 heterocycles. The fourth-order valence-electron chi connectivity index (χ4n) is 2.00. The molecule has 82 valence electrons. The molecule has 0 atom stereocenters. The van der Waals surface area contributed by atoms with Gasteiger partial charge in [0, 0.05) is 30.8 Å². The van der Waals surface area contributed by atoms with E-state index in [0.717, 1.165) is 36.1 Å². The van der Waals surface area contributed by atoms with Gasteiger partial charge < -0.3 is 9.47 Å². The summed E-state index contributed by atoms with van der Waals surface area (Å²) in [4.78, 5) is 14.1. The summed E-state index contributed by atoms with van der Waals surface area (Å²) in [6.07, 6.45) is 5.44. The number of amides is 1. The molecule has 0 radical (unpaired) electrons. The number of aromatic nitrogens is 1. The molecule has 0 N–H and O–H groups in total. The predicted molar refractivity (Wildman–Crippen MR) is 62.9 cm³/mol. The van der Waals surface area contributed by atoms with Gasteiger partial charge in [-0.25, -0.2) is 0 Å². The van der Waals surface area contributed by atoms with Crippen LogP contribution in [0.3, 0.4) is 0 Å². The van der Waals surface area contributed by atoms with Gasteiger partial charge in [-0.3, -0.25) is 4.79 Å². The van der Waals surface area contributed by atoms with Crippen molar-refractivity contribution in [3.63, 3.8) is 0 Å². The van der Waals surface area contributed by atoms with Crippen LogP contribution in [0.25, 0.3) is 0 Å². The van der Waals surface area contributed by atoms with Crippen LogP contribution < -0.4 is 0 Å². The largest absolute Gasteiger partial charge is 0.345 e. The fourth-order valence-corrected chi connectivity index (χ4v) is 2.52. The monoisotopic (exact) mass is 270 g/mol. The zero-order valence-electron chi connectivity index (χ0n) is 8.87. The summed E-state index contributed by atoms with van der Waals surface area (Å²) in [5.41, 5.74) is 0.767. The fraction of sp³-hybridized carbons (Fsp3) is 0.545. The highest BCUT2D eigenvalue weighted by Gasteiger charge is 2.20. The second-order valence-electron chi connectivity index (χ2n) is 4.01. The Morgan fingerprint density at radius 2 is 2.00 bits per heavy atom. The number of carbonyl (C=O) groups is 1. The molecule has 1 aromatic rings. The second-order valence-corrected chi connectivity index (χ2v) is 4.92. The Morgan fingerprint density at radius 3 is 2.53 bits per heavy atom. The van der Waals surface area contributed by atoms with E-state index in [1.54, 1.807) is 0 Å². The zero-order valence-corrected chi connectivity index (χ0v) is 10.5. The third-order valence-corrected chi connectivity index (χ3v) is 3.27. The van der Waals surface area contributed by atoms with Crippen LogP contribution in [0, 0.1) is 0 Å². The van der Waals surface area contributed by atoms with Gasteiger partial charge in [-0.05, 0) is 41.3 Å². The Kier molecular flexibility index (Phi) is 3.14. The maximum absolute atomic E-state index is 12.1. The quantitative estimate of drug-likeness (QED) is 0.770. The van der Waals surface area contributed by atoms with E-state index in [-0.39, 0.29) is 5.91 Å². The van der Waals surface area contributed by atoms with E-state index in [0.29, 0.717) is 0 Å². The first-order valence-corrected chi connectivity index (χ1v) is 6.09. The first-order valence-electron chi connectivity index (χ1n) is 5.29. The molecule has 0 saturated carbocycles. The Morgan fingerprint density at radius 1 is 1.33 bits per heavy atom. The van der Waals surface area contributed by atoms with Crippen LogP contribution in [0.2, 0.25) is 0 Å². The smallest absolute Gasteiger partial charge is 0.270 e. The predicted octanol–water partition coefficient (Wildman–Crippen LogP) is 2.41. The number of hydrogen-bond acceptors (Lipinski definition) is 1. The van der Waals surface area contributed by atoms with Crippen molar-refractivity contribution in [3.05, 3.63) is 22.4 Å². The van der Waals surface area contributed by atoms with E-state index in [1.165, 1.54) is 6.42 Å². The summed E-state index contributed by atoms with van der Waals surface area (Å²) < 4.78 is 2.84. The average molecular weight is 271 g/mol. The molecule has 1 saturated heterocycles. The highest BCUT2D eigenvalue weighted by atomic mass is 79.9. The molecule has 15 heavy (non-hydrogen) atoms. The number of nitrogens with zero attached hydrogens (tertiary/aromatic N) is 2. The van der Waals surface area contributed by atoms with E-state index >= 15 is 0 Å². The lowest BCUT2D eigenvalue weighted by atomic mass is 10.1. The molecule has 4 heteroatoms. The van der Waals surface area contributed by atoms with E-state index in [2.05, 4.69) is 15.9 Å². The molecule has 1 aromatic heterocycles. The van der Waals surface area contributed by atoms with Crippen molar-refractivity contribution in [2.75, 3.05) is 13.1 Å². The highest BCUT2D eigenvalue weighted by Crippen LogP contribution is 2.17. The lowest BCUT2D eigenvalue weighted by Crippen LogP contribution is -2.36. The third kappa shape index (κ3) is 2.25. The summed E-state index contributed by atoms with van der Waals surface area (Å²) in [5.74, 6) is 0.155. The van der Waals surface area contributed by atoms with Crippen molar-refractivity contribution in [1.29, 1.82) is 0 Å². The third-order valence-electron chi connectivity index (χ3n) is 2.83. The Bertz CT molecular complexity index is 367. The number of aryl methyl sites for hydroxylation is 1. The molecule has 1 fully saturated rings. The molecule has 0 aromatic carbocycles. The van der Waals surface area contributed by atoms with Crippen LogP contribution >= 0.6 is 15.9 Å². The van der Waals surface area contributed by atoms with Gasteiger partial charge in [0.2, 0.25) is 0 Å². The minimum absolute atomic E-state index is 0.155. The lowest BCUT2D eigenvalue weighted by Gasteiger charge is -2.26. The van der Waals surface area contributed by atoms with Crippen molar-refractivity contribution < 1.29 is 4.79 Å². The van der Waals surface area contributed by atoms with Gasteiger partial charge >= 0.3 is 0 Å². The summed E-state index contributed by atoms with van der Waals surface area (Å²) in [6.45, 7) is 1.81. The van der Waals surface area contributed by atoms with Crippen LogP contribution in [0.1, 0.15) is 29.8 Å². The van der Waals surface area contributed by atoms with E-state index < -0.39 is 0 Å². The Labute approximate surface area is 98.2 Å². The van der Waals surface area contributed by atoms with Gasteiger partial charge in [-0.1, -0.05) is 0 Å². The molecule has 0 spiro atoms. The number of hydrogen-bond donors (Lipinski definition) is 0. The zero-order chi connectivity index (χ0) is 10.8. The van der Waals surface area contributed by atoms with Crippen molar-refractivity contribution in [3.8, 4) is 0 Å². The maximum atomic E-state index is 12.1. The Balaban J connectivity index is 2.16. The van der Waals surface area contributed by atoms with Gasteiger partial charge in [0.1, 0.15) is 5.69 Å². The van der Waals surface area contributed by atoms with Crippen LogP contribution in [-0.4, -0.2) is 28.5 Å². The molecule has 2 rings (SSSR count). The number of carbonyl (C=O) groups excluding carboxylic acids is 1. The van der Waals surface area contributed by atoms with Crippen LogP contribution in [0.15, 0.2) is 16.7 Å². The minimum Gasteiger partial charge on any atom is -0.345 e. The molecule has 0 bridgehead atoms. The van der Waals surface area contributed by atoms with Crippen molar-refractivity contribution >= 4 is 21.8 Å². The summed E-state index contributed by atoms with van der Waals surface area (Å²) >= 11 is 3.38. The van der Waals surface area contributed by atoms with Crippen LogP contribution in [0.5, 0.6) is 0 Å². The van der Waals surface area contributed by atoms with Gasteiger partial charge in [0.05, 0.1) is 0 Å². The van der Waals surface area contributed by atoms with Gasteiger partial charge in [-0.2, -0.15) is 0 Å². The number of piperidine rings is 1. The molecule has 1 aliphatic heterocycles. The highest BCUT2D eigenvalue weighted by molar-refractivity contribution is 9.10. The summed E-state index contributed by atoms with van der Waals surface area (Å²) in [7, 11) is 1.90. The first kappa shape index (κ1) is 10.7. The SMILES string of the molecule is Cn1cc(Br)cc1C(=O)N1CCCCC1. The number of likely N-dealkylation sites (tertiary alicyclic amines) is 1. The number of rotatable bonds is 1. The molecule has 3 nitrogen and oxygen atoms in total. The van der Waals surface area contributed by atoms with Crippen molar-refractivity contribution in [2.45, 2.75) is 19.3 Å². The normalized spacial score (nSPS) is 16.8. The van der Waals surface area contributed by atoms with E-state index in [9.17, 15) is 4.79 Å². The second kappa shape index (κ2) is 4.39. The standard InChI is InChI=1S/C11H15BrN2O/c1-13-8-9(12)7-10(13)11(15)14-5-3-2-4-6-14/h7-8H,2-6H2,1H3. The maximum Gasteiger partial charge on any atom is 0.270 e. The number of halogens is 1. The van der Waals surface area contributed by atoms with Gasteiger partial charge in [0.25, 0.3) is 5.91 Å². The van der Waals surface area contributed by atoms with E-state index in [4.69, 9.17) is 0 Å². The van der Waals surface area contributed by atoms with Crippen molar-refractivity contribution in [1.82, 2.24) is 9.47 Å². The molecule has 0 aliphatic carbocycles. The molecule has 1 amide bonds. The summed E-state index contributed by atoms with van der Waals surface area (Å²) in [5, 5.41) is 0. The van der Waals surface area contributed by atoms with E-state index in [1.807, 2.05) is 28.8 Å². The lowest BCUT2D eigenvalue weighted by molar-refractivity contribution is 0.0714.